The standard InChI is InChI=1S/C16H29NO6/c1-10(2)13(14(19)20)22-9-11-6-7-17(12(11)8-18)15(21)23-16(3,4)5/h10-13,18H,6-9H2,1-5H3,(H,19,20)/t11-,12-,13?/m1/s1. The summed E-state index contributed by atoms with van der Waals surface area (Å²) in [6.45, 7) is 9.38. The molecule has 0 aromatic heterocycles. The van der Waals surface area contributed by atoms with Crippen molar-refractivity contribution in [3.63, 3.8) is 0 Å². The van der Waals surface area contributed by atoms with Gasteiger partial charge in [0.05, 0.1) is 19.3 Å². The zero-order valence-corrected chi connectivity index (χ0v) is 14.6. The van der Waals surface area contributed by atoms with E-state index in [9.17, 15) is 14.7 Å². The van der Waals surface area contributed by atoms with Crippen LogP contribution in [0.25, 0.3) is 0 Å². The molecule has 0 aliphatic carbocycles. The Bertz CT molecular complexity index is 417. The third kappa shape index (κ3) is 5.66. The second-order valence-electron chi connectivity index (χ2n) is 7.31. The van der Waals surface area contributed by atoms with Gasteiger partial charge in [0, 0.05) is 12.5 Å². The number of carbonyl (C=O) groups is 2. The number of carboxylic acids is 1. The topological polar surface area (TPSA) is 96.3 Å². The van der Waals surface area contributed by atoms with Crippen molar-refractivity contribution in [2.75, 3.05) is 19.8 Å². The molecule has 1 heterocycles. The molecular weight excluding hydrogens is 302 g/mol. The summed E-state index contributed by atoms with van der Waals surface area (Å²) in [5, 5.41) is 18.8. The zero-order chi connectivity index (χ0) is 17.8. The van der Waals surface area contributed by atoms with Gasteiger partial charge in [-0.25, -0.2) is 9.59 Å². The van der Waals surface area contributed by atoms with Gasteiger partial charge in [-0.15, -0.1) is 0 Å². The molecule has 1 saturated heterocycles. The number of rotatable bonds is 6. The average molecular weight is 331 g/mol. The SMILES string of the molecule is CC(C)C(OC[C@H]1CCN(C(=O)OC(C)(C)C)[C@@H]1CO)C(=O)O. The minimum atomic E-state index is -0.998. The number of aliphatic hydroxyl groups excluding tert-OH is 1. The number of aliphatic carboxylic acids is 1. The molecule has 0 spiro atoms. The summed E-state index contributed by atoms with van der Waals surface area (Å²) in [5.41, 5.74) is -0.599. The van der Waals surface area contributed by atoms with Gasteiger partial charge in [0.15, 0.2) is 6.10 Å². The van der Waals surface area contributed by atoms with Gasteiger partial charge in [-0.3, -0.25) is 0 Å². The molecule has 1 amide bonds. The number of hydrogen-bond acceptors (Lipinski definition) is 5. The van der Waals surface area contributed by atoms with Crippen molar-refractivity contribution in [3.05, 3.63) is 0 Å². The van der Waals surface area contributed by atoms with E-state index in [-0.39, 0.29) is 25.0 Å². The Labute approximate surface area is 137 Å². The van der Waals surface area contributed by atoms with Gasteiger partial charge >= 0.3 is 12.1 Å². The van der Waals surface area contributed by atoms with Crippen molar-refractivity contribution >= 4 is 12.1 Å². The highest BCUT2D eigenvalue weighted by molar-refractivity contribution is 5.72. The van der Waals surface area contributed by atoms with E-state index in [1.807, 2.05) is 0 Å². The molecule has 7 heteroatoms. The first-order valence-electron chi connectivity index (χ1n) is 8.01. The van der Waals surface area contributed by atoms with Crippen molar-refractivity contribution in [2.24, 2.45) is 11.8 Å². The first-order valence-corrected chi connectivity index (χ1v) is 8.01. The normalized spacial score (nSPS) is 23.2. The van der Waals surface area contributed by atoms with E-state index in [0.29, 0.717) is 13.0 Å². The monoisotopic (exact) mass is 331 g/mol. The molecule has 1 rings (SSSR count). The molecule has 1 aliphatic rings. The van der Waals surface area contributed by atoms with Crippen molar-refractivity contribution in [1.29, 1.82) is 0 Å². The van der Waals surface area contributed by atoms with Gasteiger partial charge in [0.25, 0.3) is 0 Å². The minimum Gasteiger partial charge on any atom is -0.479 e. The van der Waals surface area contributed by atoms with Crippen LogP contribution in [0.3, 0.4) is 0 Å². The minimum absolute atomic E-state index is 0.104. The molecule has 0 aromatic rings. The Kier molecular flexibility index (Phi) is 6.83. The van der Waals surface area contributed by atoms with Crippen LogP contribution in [-0.2, 0) is 14.3 Å². The van der Waals surface area contributed by atoms with E-state index in [4.69, 9.17) is 14.6 Å². The van der Waals surface area contributed by atoms with Gasteiger partial charge < -0.3 is 24.6 Å². The van der Waals surface area contributed by atoms with Crippen LogP contribution in [0.15, 0.2) is 0 Å². The molecule has 1 unspecified atom stereocenters. The third-order valence-electron chi connectivity index (χ3n) is 3.84. The summed E-state index contributed by atoms with van der Waals surface area (Å²) in [4.78, 5) is 24.9. The van der Waals surface area contributed by atoms with E-state index in [1.165, 1.54) is 4.90 Å². The lowest BCUT2D eigenvalue weighted by Crippen LogP contribution is -2.44. The molecule has 2 N–H and O–H groups in total. The second kappa shape index (κ2) is 7.97. The predicted molar refractivity (Wildman–Crippen MR) is 84.1 cm³/mol. The van der Waals surface area contributed by atoms with Crippen molar-refractivity contribution in [3.8, 4) is 0 Å². The average Bonchev–Trinajstić information content (AvgIpc) is 2.79. The Morgan fingerprint density at radius 3 is 2.35 bits per heavy atom. The first kappa shape index (κ1) is 19.7. The van der Waals surface area contributed by atoms with Crippen LogP contribution in [-0.4, -0.2) is 64.7 Å². The smallest absolute Gasteiger partial charge is 0.410 e. The van der Waals surface area contributed by atoms with Crippen LogP contribution in [0, 0.1) is 11.8 Å². The quantitative estimate of drug-likeness (QED) is 0.769. The van der Waals surface area contributed by atoms with Gasteiger partial charge in [0.1, 0.15) is 5.60 Å². The molecule has 1 aliphatic heterocycles. The number of likely N-dealkylation sites (tertiary alicyclic amines) is 1. The molecule has 0 radical (unpaired) electrons. The summed E-state index contributed by atoms with van der Waals surface area (Å²) >= 11 is 0. The highest BCUT2D eigenvalue weighted by Gasteiger charge is 2.39. The number of ether oxygens (including phenoxy) is 2. The fourth-order valence-electron chi connectivity index (χ4n) is 2.68. The maximum atomic E-state index is 12.2. The number of amides is 1. The Morgan fingerprint density at radius 2 is 1.91 bits per heavy atom. The van der Waals surface area contributed by atoms with Crippen LogP contribution < -0.4 is 0 Å². The lowest BCUT2D eigenvalue weighted by atomic mass is 10.0. The first-order chi connectivity index (χ1) is 10.6. The zero-order valence-electron chi connectivity index (χ0n) is 14.6. The van der Waals surface area contributed by atoms with Crippen molar-refractivity contribution in [2.45, 2.75) is 58.8 Å². The predicted octanol–water partition coefficient (Wildman–Crippen LogP) is 1.73. The van der Waals surface area contributed by atoms with Crippen molar-refractivity contribution in [1.82, 2.24) is 4.90 Å². The molecule has 23 heavy (non-hydrogen) atoms. The number of aliphatic hydroxyl groups is 1. The highest BCUT2D eigenvalue weighted by Crippen LogP contribution is 2.27. The third-order valence-corrected chi connectivity index (χ3v) is 3.84. The van der Waals surface area contributed by atoms with E-state index in [1.54, 1.807) is 34.6 Å². The molecule has 0 saturated carbocycles. The second-order valence-corrected chi connectivity index (χ2v) is 7.31. The van der Waals surface area contributed by atoms with Gasteiger partial charge in [-0.1, -0.05) is 13.8 Å². The van der Waals surface area contributed by atoms with E-state index in [0.717, 1.165) is 0 Å². The fraction of sp³-hybridized carbons (Fsp3) is 0.875. The summed E-state index contributed by atoms with van der Waals surface area (Å²) in [5.74, 6) is -1.25. The van der Waals surface area contributed by atoms with Crippen LogP contribution in [0.4, 0.5) is 4.79 Å². The largest absolute Gasteiger partial charge is 0.479 e. The molecule has 0 bridgehead atoms. The number of nitrogens with zero attached hydrogens (tertiary/aromatic N) is 1. The van der Waals surface area contributed by atoms with Crippen LogP contribution in [0.1, 0.15) is 41.0 Å². The summed E-state index contributed by atoms with van der Waals surface area (Å²) < 4.78 is 10.9. The number of hydrogen-bond donors (Lipinski definition) is 2. The summed E-state index contributed by atoms with van der Waals surface area (Å²) in [6, 6.07) is -0.411. The van der Waals surface area contributed by atoms with Crippen LogP contribution in [0.5, 0.6) is 0 Å². The molecule has 7 nitrogen and oxygen atoms in total. The maximum Gasteiger partial charge on any atom is 0.410 e. The Hall–Kier alpha value is -1.34. The highest BCUT2D eigenvalue weighted by atomic mass is 16.6. The fourth-order valence-corrected chi connectivity index (χ4v) is 2.68. The van der Waals surface area contributed by atoms with Crippen LogP contribution in [0.2, 0.25) is 0 Å². The van der Waals surface area contributed by atoms with Gasteiger partial charge in [-0.2, -0.15) is 0 Å². The Balaban J connectivity index is 2.65. The van der Waals surface area contributed by atoms with E-state index in [2.05, 4.69) is 0 Å². The summed E-state index contributed by atoms with van der Waals surface area (Å²) in [6.07, 6.45) is -0.697. The molecule has 134 valence electrons. The Morgan fingerprint density at radius 1 is 1.30 bits per heavy atom. The lowest BCUT2D eigenvalue weighted by Gasteiger charge is -2.30. The molecular formula is C16H29NO6. The van der Waals surface area contributed by atoms with E-state index < -0.39 is 29.8 Å². The van der Waals surface area contributed by atoms with Crippen molar-refractivity contribution < 1.29 is 29.3 Å². The molecule has 3 atom stereocenters. The number of carbonyl (C=O) groups excluding carboxylic acids is 1. The lowest BCUT2D eigenvalue weighted by molar-refractivity contribution is -0.154. The summed E-state index contributed by atoms with van der Waals surface area (Å²) in [7, 11) is 0. The van der Waals surface area contributed by atoms with Gasteiger partial charge in [-0.05, 0) is 33.1 Å². The van der Waals surface area contributed by atoms with Crippen LogP contribution >= 0.6 is 0 Å². The van der Waals surface area contributed by atoms with E-state index >= 15 is 0 Å². The number of carboxylic acid groups (broad SMARTS) is 1. The molecule has 1 fully saturated rings. The molecule has 0 aromatic carbocycles. The maximum absolute atomic E-state index is 12.2. The van der Waals surface area contributed by atoms with Gasteiger partial charge in [0.2, 0.25) is 0 Å².